The zero-order valence-electron chi connectivity index (χ0n) is 22.5. The number of amides is 1. The Bertz CT molecular complexity index is 1640. The molecule has 41 heavy (non-hydrogen) atoms. The molecule has 0 bridgehead atoms. The molecule has 1 saturated carbocycles. The number of hydrogen-bond acceptors (Lipinski definition) is 7. The number of hydrogen-bond donors (Lipinski definition) is 2. The summed E-state index contributed by atoms with van der Waals surface area (Å²) in [6.07, 6.45) is 4.98. The van der Waals surface area contributed by atoms with Gasteiger partial charge in [-0.3, -0.25) is 4.79 Å². The van der Waals surface area contributed by atoms with Gasteiger partial charge in [-0.05, 0) is 61.9 Å². The molecule has 2 aliphatic rings. The highest BCUT2D eigenvalue weighted by molar-refractivity contribution is 6.33. The van der Waals surface area contributed by atoms with E-state index < -0.39 is 17.3 Å². The van der Waals surface area contributed by atoms with Crippen LogP contribution in [0.3, 0.4) is 0 Å². The fourth-order valence-electron chi connectivity index (χ4n) is 5.62. The summed E-state index contributed by atoms with van der Waals surface area (Å²) in [6, 6.07) is 12.2. The van der Waals surface area contributed by atoms with Crippen molar-refractivity contribution in [2.75, 3.05) is 31.1 Å². The van der Waals surface area contributed by atoms with Crippen molar-refractivity contribution in [2.24, 2.45) is 17.8 Å². The maximum atomic E-state index is 14.0. The van der Waals surface area contributed by atoms with Gasteiger partial charge in [0.1, 0.15) is 30.1 Å². The fraction of sp³-hybridized carbons (Fsp3) is 0.333. The highest BCUT2D eigenvalue weighted by Crippen LogP contribution is 2.52. The van der Waals surface area contributed by atoms with E-state index in [1.54, 1.807) is 30.8 Å². The van der Waals surface area contributed by atoms with Gasteiger partial charge in [0.15, 0.2) is 0 Å². The molecule has 1 aromatic carbocycles. The fourth-order valence-corrected chi connectivity index (χ4v) is 5.87. The van der Waals surface area contributed by atoms with Crippen LogP contribution in [-0.2, 0) is 0 Å². The number of nitrogens with one attached hydrogen (secondary N) is 1. The Morgan fingerprint density at radius 2 is 2.05 bits per heavy atom. The number of anilines is 1. The summed E-state index contributed by atoms with van der Waals surface area (Å²) in [6.45, 7) is 5.56. The predicted octanol–water partition coefficient (Wildman–Crippen LogP) is 4.32. The molecule has 1 aliphatic carbocycles. The Hall–Kier alpha value is -4.20. The normalized spacial score (nSPS) is 19.6. The lowest BCUT2D eigenvalue weighted by molar-refractivity contribution is 0.0283. The average molecular weight is 575 g/mol. The molecule has 210 valence electrons. The molecule has 1 aliphatic heterocycles. The average Bonchev–Trinajstić information content (AvgIpc) is 3.25. The van der Waals surface area contributed by atoms with Crippen LogP contribution in [-0.4, -0.2) is 57.5 Å². The molecular weight excluding hydrogens is 547 g/mol. The third-order valence-corrected chi connectivity index (χ3v) is 8.06. The maximum Gasteiger partial charge on any atom is 0.255 e. The van der Waals surface area contributed by atoms with Crippen LogP contribution in [0.1, 0.15) is 29.8 Å². The summed E-state index contributed by atoms with van der Waals surface area (Å²) in [4.78, 5) is 19.4. The first-order valence-corrected chi connectivity index (χ1v) is 13.7. The van der Waals surface area contributed by atoms with E-state index in [1.165, 1.54) is 24.4 Å². The van der Waals surface area contributed by atoms with Crippen LogP contribution < -0.4 is 15.0 Å². The highest BCUT2D eigenvalue weighted by Gasteiger charge is 2.55. The topological polar surface area (TPSA) is 116 Å². The Morgan fingerprint density at radius 3 is 2.71 bits per heavy atom. The van der Waals surface area contributed by atoms with Crippen molar-refractivity contribution in [1.29, 1.82) is 5.26 Å². The van der Waals surface area contributed by atoms with Gasteiger partial charge in [0.05, 0.1) is 39.7 Å². The SMILES string of the molecule is CC(C)(O)COc1cc(-c2ccc(N3CC4C(CNC(=O)c5c(F)cccc5Cl)C4C3)nc2)c2c(C#N)cnn2c1. The number of nitrogens with zero attached hydrogens (tertiary/aromatic N) is 5. The standard InChI is InChI=1S/C30H28ClFN6O3/c1-30(2,40)16-41-19-8-20(28-18(9-33)11-36-38(28)13-19)17-6-7-26(34-10-17)37-14-22-21(23(22)15-37)12-35-29(39)27-24(31)4-3-5-25(27)32/h3-8,10-11,13,21-23,40H,12,14-16H2,1-2H3,(H,35,39). The number of aromatic nitrogens is 3. The molecule has 2 atom stereocenters. The smallest absolute Gasteiger partial charge is 0.255 e. The minimum Gasteiger partial charge on any atom is -0.489 e. The van der Waals surface area contributed by atoms with Gasteiger partial charge in [0, 0.05) is 37.0 Å². The van der Waals surface area contributed by atoms with Gasteiger partial charge in [0.25, 0.3) is 5.91 Å². The van der Waals surface area contributed by atoms with E-state index in [2.05, 4.69) is 21.4 Å². The first-order chi connectivity index (χ1) is 19.6. The number of benzene rings is 1. The second kappa shape index (κ2) is 10.3. The van der Waals surface area contributed by atoms with Gasteiger partial charge in [-0.25, -0.2) is 13.9 Å². The van der Waals surface area contributed by atoms with Crippen molar-refractivity contribution in [1.82, 2.24) is 19.9 Å². The number of ether oxygens (including phenoxy) is 1. The number of piperidine rings is 1. The van der Waals surface area contributed by atoms with Gasteiger partial charge in [-0.15, -0.1) is 0 Å². The van der Waals surface area contributed by atoms with Gasteiger partial charge in [0.2, 0.25) is 0 Å². The molecule has 6 rings (SSSR count). The lowest BCUT2D eigenvalue weighted by Gasteiger charge is -2.21. The molecule has 2 unspecified atom stereocenters. The monoisotopic (exact) mass is 574 g/mol. The van der Waals surface area contributed by atoms with E-state index in [1.807, 2.05) is 18.2 Å². The second-order valence-electron chi connectivity index (χ2n) is 11.3. The Labute approximate surface area is 241 Å². The van der Waals surface area contributed by atoms with Crippen molar-refractivity contribution < 1.29 is 19.0 Å². The van der Waals surface area contributed by atoms with E-state index >= 15 is 0 Å². The third-order valence-electron chi connectivity index (χ3n) is 7.74. The van der Waals surface area contributed by atoms with E-state index in [0.717, 1.165) is 30.0 Å². The number of nitriles is 1. The van der Waals surface area contributed by atoms with Crippen LogP contribution in [0.25, 0.3) is 16.6 Å². The lowest BCUT2D eigenvalue weighted by atomic mass is 10.1. The van der Waals surface area contributed by atoms with Crippen molar-refractivity contribution in [2.45, 2.75) is 19.4 Å². The van der Waals surface area contributed by atoms with Crippen LogP contribution in [0.2, 0.25) is 5.02 Å². The molecule has 1 saturated heterocycles. The van der Waals surface area contributed by atoms with E-state index in [0.29, 0.717) is 41.1 Å². The molecule has 2 N–H and O–H groups in total. The Morgan fingerprint density at radius 1 is 1.27 bits per heavy atom. The van der Waals surface area contributed by atoms with Crippen LogP contribution >= 0.6 is 11.6 Å². The molecular formula is C30H28ClFN6O3. The molecule has 4 aromatic rings. The number of pyridine rings is 2. The summed E-state index contributed by atoms with van der Waals surface area (Å²) < 4.78 is 21.5. The number of carbonyl (C=O) groups is 1. The van der Waals surface area contributed by atoms with Crippen LogP contribution in [0.5, 0.6) is 5.75 Å². The van der Waals surface area contributed by atoms with Gasteiger partial charge < -0.3 is 20.1 Å². The molecule has 3 aromatic heterocycles. The molecule has 9 nitrogen and oxygen atoms in total. The predicted molar refractivity (Wildman–Crippen MR) is 151 cm³/mol. The highest BCUT2D eigenvalue weighted by atomic mass is 35.5. The maximum absolute atomic E-state index is 14.0. The summed E-state index contributed by atoms with van der Waals surface area (Å²) in [5.74, 6) is 1.45. The number of halogens is 2. The van der Waals surface area contributed by atoms with Gasteiger partial charge >= 0.3 is 0 Å². The molecule has 0 spiro atoms. The van der Waals surface area contributed by atoms with Gasteiger partial charge in [-0.1, -0.05) is 17.7 Å². The van der Waals surface area contributed by atoms with Crippen molar-refractivity contribution in [3.63, 3.8) is 0 Å². The summed E-state index contributed by atoms with van der Waals surface area (Å²) in [5.41, 5.74) is 1.53. The first kappa shape index (κ1) is 27.0. The summed E-state index contributed by atoms with van der Waals surface area (Å²) >= 11 is 6.02. The van der Waals surface area contributed by atoms with Crippen molar-refractivity contribution >= 4 is 28.8 Å². The molecule has 1 amide bonds. The van der Waals surface area contributed by atoms with Crippen molar-refractivity contribution in [3.05, 3.63) is 77.0 Å². The Balaban J connectivity index is 1.12. The van der Waals surface area contributed by atoms with E-state index in [4.69, 9.17) is 21.3 Å². The zero-order valence-corrected chi connectivity index (χ0v) is 23.3. The number of fused-ring (bicyclic) bond motifs is 2. The lowest BCUT2D eigenvalue weighted by Crippen LogP contribution is -2.31. The third kappa shape index (κ3) is 5.31. The number of aliphatic hydroxyl groups is 1. The minimum absolute atomic E-state index is 0.0976. The second-order valence-corrected chi connectivity index (χ2v) is 11.7. The molecule has 11 heteroatoms. The zero-order chi connectivity index (χ0) is 28.9. The van der Waals surface area contributed by atoms with Crippen LogP contribution in [0.15, 0.2) is 55.0 Å². The van der Waals surface area contributed by atoms with Gasteiger partial charge in [-0.2, -0.15) is 10.4 Å². The molecule has 2 fully saturated rings. The quantitative estimate of drug-likeness (QED) is 0.322. The van der Waals surface area contributed by atoms with Crippen LogP contribution in [0, 0.1) is 34.9 Å². The van der Waals surface area contributed by atoms with E-state index in [-0.39, 0.29) is 17.2 Å². The number of rotatable bonds is 8. The van der Waals surface area contributed by atoms with Crippen LogP contribution in [0.4, 0.5) is 10.2 Å². The Kier molecular flexibility index (Phi) is 6.80. The van der Waals surface area contributed by atoms with Crippen molar-refractivity contribution in [3.8, 4) is 22.9 Å². The molecule has 4 heterocycles. The summed E-state index contributed by atoms with van der Waals surface area (Å²) in [7, 11) is 0. The first-order valence-electron chi connectivity index (χ1n) is 13.3. The largest absolute Gasteiger partial charge is 0.489 e. The summed E-state index contributed by atoms with van der Waals surface area (Å²) in [5, 5.41) is 27.0. The minimum atomic E-state index is -1.01. The van der Waals surface area contributed by atoms with E-state index in [9.17, 15) is 19.6 Å². The molecule has 0 radical (unpaired) electrons. The number of carbonyl (C=O) groups excluding carboxylic acids is 1.